The van der Waals surface area contributed by atoms with Crippen molar-refractivity contribution < 1.29 is 19.0 Å². The summed E-state index contributed by atoms with van der Waals surface area (Å²) in [6.07, 6.45) is 26.6. The largest absolute Gasteiger partial charge is 0.494 e. The number of ether oxygens (including phenoxy) is 3. The third-order valence-electron chi connectivity index (χ3n) is 9.12. The summed E-state index contributed by atoms with van der Waals surface area (Å²) in [5, 5.41) is 0. The van der Waals surface area contributed by atoms with E-state index < -0.39 is 0 Å². The van der Waals surface area contributed by atoms with Crippen LogP contribution >= 0.6 is 0 Å². The van der Waals surface area contributed by atoms with Gasteiger partial charge in [0.2, 0.25) is 0 Å². The highest BCUT2D eigenvalue weighted by atomic mass is 16.5. The van der Waals surface area contributed by atoms with Gasteiger partial charge in [0.1, 0.15) is 17.2 Å². The Balaban J connectivity index is 1.27. The molecule has 0 aliphatic heterocycles. The van der Waals surface area contributed by atoms with Gasteiger partial charge in [0, 0.05) is 0 Å². The zero-order chi connectivity index (χ0) is 30.4. The summed E-state index contributed by atoms with van der Waals surface area (Å²) in [6, 6.07) is 14.6. The molecule has 0 saturated heterocycles. The molecule has 4 nitrogen and oxygen atoms in total. The lowest BCUT2D eigenvalue weighted by Gasteiger charge is -2.31. The summed E-state index contributed by atoms with van der Waals surface area (Å²) >= 11 is 0. The van der Waals surface area contributed by atoms with Crippen molar-refractivity contribution in [3.05, 3.63) is 54.1 Å². The molecule has 2 aromatic rings. The number of hydrogen-bond acceptors (Lipinski definition) is 4. The maximum Gasteiger partial charge on any atom is 0.343 e. The quantitative estimate of drug-likeness (QED) is 0.0731. The Labute approximate surface area is 263 Å². The molecular formula is C39H60O4. The molecule has 240 valence electrons. The Kier molecular flexibility index (Phi) is 18.0. The first kappa shape index (κ1) is 35.0. The van der Waals surface area contributed by atoms with Gasteiger partial charge in [-0.25, -0.2) is 4.79 Å². The Hall–Kier alpha value is -2.49. The minimum absolute atomic E-state index is 0.365. The van der Waals surface area contributed by atoms with Crippen molar-refractivity contribution in [3.63, 3.8) is 0 Å². The summed E-state index contributed by atoms with van der Waals surface area (Å²) in [7, 11) is 0. The van der Waals surface area contributed by atoms with Crippen LogP contribution in [0.15, 0.2) is 48.5 Å². The van der Waals surface area contributed by atoms with Crippen LogP contribution in [0.3, 0.4) is 0 Å². The van der Waals surface area contributed by atoms with E-state index in [0.29, 0.717) is 11.3 Å². The lowest BCUT2D eigenvalue weighted by Crippen LogP contribution is -2.20. The van der Waals surface area contributed by atoms with E-state index in [1.165, 1.54) is 116 Å². The van der Waals surface area contributed by atoms with E-state index in [1.54, 1.807) is 12.1 Å². The highest BCUT2D eigenvalue weighted by molar-refractivity contribution is 5.91. The minimum atomic E-state index is -0.365. The molecular weight excluding hydrogens is 532 g/mol. The topological polar surface area (TPSA) is 44.8 Å². The Morgan fingerprint density at radius 1 is 0.558 bits per heavy atom. The van der Waals surface area contributed by atoms with Crippen LogP contribution in [0.1, 0.15) is 153 Å². The molecule has 0 amide bonds. The van der Waals surface area contributed by atoms with E-state index in [4.69, 9.17) is 14.2 Å². The van der Waals surface area contributed by atoms with E-state index in [1.807, 2.05) is 36.4 Å². The van der Waals surface area contributed by atoms with E-state index in [0.717, 1.165) is 49.4 Å². The Morgan fingerprint density at radius 3 is 1.58 bits per heavy atom. The number of hydrogen-bond donors (Lipinski definition) is 0. The fraction of sp³-hybridized carbons (Fsp3) is 0.667. The molecule has 2 aromatic carbocycles. The van der Waals surface area contributed by atoms with Crippen LogP contribution in [0.2, 0.25) is 0 Å². The van der Waals surface area contributed by atoms with Crippen LogP contribution < -0.4 is 14.2 Å². The van der Waals surface area contributed by atoms with E-state index in [9.17, 15) is 4.79 Å². The second-order valence-corrected chi connectivity index (χ2v) is 12.7. The predicted octanol–water partition coefficient (Wildman–Crippen LogP) is 11.8. The van der Waals surface area contributed by atoms with Crippen LogP contribution in [0.4, 0.5) is 0 Å². The average Bonchev–Trinajstić information content (AvgIpc) is 3.03. The second-order valence-electron chi connectivity index (χ2n) is 12.7. The Morgan fingerprint density at radius 2 is 1.00 bits per heavy atom. The highest BCUT2D eigenvalue weighted by Gasteiger charge is 2.24. The van der Waals surface area contributed by atoms with Crippen molar-refractivity contribution in [1.82, 2.24) is 0 Å². The summed E-state index contributed by atoms with van der Waals surface area (Å²) in [5.41, 5.74) is 0.516. The fourth-order valence-corrected chi connectivity index (χ4v) is 6.47. The molecule has 1 aliphatic rings. The van der Waals surface area contributed by atoms with Crippen molar-refractivity contribution in [2.45, 2.75) is 142 Å². The van der Waals surface area contributed by atoms with Crippen molar-refractivity contribution in [1.29, 1.82) is 0 Å². The lowest BCUT2D eigenvalue weighted by atomic mass is 9.74. The van der Waals surface area contributed by atoms with Gasteiger partial charge in [0.05, 0.1) is 18.8 Å². The van der Waals surface area contributed by atoms with Crippen LogP contribution in [0.5, 0.6) is 17.2 Å². The van der Waals surface area contributed by atoms with Crippen LogP contribution in [-0.4, -0.2) is 19.2 Å². The first-order valence-corrected chi connectivity index (χ1v) is 17.9. The van der Waals surface area contributed by atoms with E-state index in [-0.39, 0.29) is 5.97 Å². The van der Waals surface area contributed by atoms with Crippen LogP contribution in [-0.2, 0) is 0 Å². The summed E-state index contributed by atoms with van der Waals surface area (Å²) in [5.74, 6) is 3.58. The van der Waals surface area contributed by atoms with Crippen molar-refractivity contribution >= 4 is 5.97 Å². The first-order valence-electron chi connectivity index (χ1n) is 17.9. The molecule has 3 rings (SSSR count). The average molecular weight is 593 g/mol. The monoisotopic (exact) mass is 592 g/mol. The number of carbonyl (C=O) groups excluding carboxylic acids is 1. The summed E-state index contributed by atoms with van der Waals surface area (Å²) in [4.78, 5) is 12.6. The van der Waals surface area contributed by atoms with Gasteiger partial charge in [0.15, 0.2) is 0 Å². The third-order valence-corrected chi connectivity index (χ3v) is 9.12. The Bertz CT molecular complexity index is 968. The van der Waals surface area contributed by atoms with Gasteiger partial charge >= 0.3 is 5.97 Å². The fourth-order valence-electron chi connectivity index (χ4n) is 6.47. The molecule has 0 aromatic heterocycles. The third kappa shape index (κ3) is 14.7. The molecule has 2 atom stereocenters. The van der Waals surface area contributed by atoms with Crippen molar-refractivity contribution in [2.24, 2.45) is 11.8 Å². The highest BCUT2D eigenvalue weighted by Crippen LogP contribution is 2.36. The molecule has 0 bridgehead atoms. The van der Waals surface area contributed by atoms with Gasteiger partial charge in [-0.1, -0.05) is 123 Å². The standard InChI is InChI=1S/C39H60O4/c1-3-5-7-8-9-10-11-12-13-17-31-41-36-25-23-35(24-26-36)39(40)43-38-29-27-37(28-30-38)42-32-18-22-34-21-16-15-20-33(34)19-14-6-4-2/h23-30,33-34H,3-22,31-32H2,1-2H3. The number of unbranched alkanes of at least 4 members (excludes halogenated alkanes) is 11. The molecule has 4 heteroatoms. The van der Waals surface area contributed by atoms with Crippen molar-refractivity contribution in [2.75, 3.05) is 13.2 Å². The minimum Gasteiger partial charge on any atom is -0.494 e. The second kappa shape index (κ2) is 22.1. The summed E-state index contributed by atoms with van der Waals surface area (Å²) < 4.78 is 17.5. The predicted molar refractivity (Wildman–Crippen MR) is 180 cm³/mol. The number of rotatable bonds is 23. The zero-order valence-corrected chi connectivity index (χ0v) is 27.5. The van der Waals surface area contributed by atoms with Gasteiger partial charge in [-0.3, -0.25) is 0 Å². The molecule has 2 unspecified atom stereocenters. The van der Waals surface area contributed by atoms with Crippen LogP contribution in [0.25, 0.3) is 0 Å². The smallest absolute Gasteiger partial charge is 0.343 e. The van der Waals surface area contributed by atoms with Gasteiger partial charge < -0.3 is 14.2 Å². The van der Waals surface area contributed by atoms with E-state index in [2.05, 4.69) is 13.8 Å². The first-order chi connectivity index (χ1) is 21.2. The molecule has 0 radical (unpaired) electrons. The van der Waals surface area contributed by atoms with Crippen LogP contribution in [0, 0.1) is 11.8 Å². The maximum atomic E-state index is 12.6. The maximum absolute atomic E-state index is 12.6. The zero-order valence-electron chi connectivity index (χ0n) is 27.5. The number of carbonyl (C=O) groups is 1. The molecule has 0 heterocycles. The lowest BCUT2D eigenvalue weighted by molar-refractivity contribution is 0.0734. The SMILES string of the molecule is CCCCCCCCCCCCOc1ccc(C(=O)Oc2ccc(OCCCC3CCCCC3CCCCC)cc2)cc1. The molecule has 1 fully saturated rings. The molecule has 0 spiro atoms. The van der Waals surface area contributed by atoms with Gasteiger partial charge in [-0.15, -0.1) is 0 Å². The molecule has 1 saturated carbocycles. The number of benzene rings is 2. The molecule has 0 N–H and O–H groups in total. The van der Waals surface area contributed by atoms with Gasteiger partial charge in [0.25, 0.3) is 0 Å². The van der Waals surface area contributed by atoms with Crippen molar-refractivity contribution in [3.8, 4) is 17.2 Å². The normalized spacial score (nSPS) is 16.6. The molecule has 43 heavy (non-hydrogen) atoms. The van der Waals surface area contributed by atoms with Gasteiger partial charge in [-0.05, 0) is 79.6 Å². The van der Waals surface area contributed by atoms with E-state index >= 15 is 0 Å². The van der Waals surface area contributed by atoms with Gasteiger partial charge in [-0.2, -0.15) is 0 Å². The summed E-state index contributed by atoms with van der Waals surface area (Å²) in [6.45, 7) is 6.02. The number of esters is 1. The molecule has 1 aliphatic carbocycles.